The van der Waals surface area contributed by atoms with Crippen LogP contribution in [0.2, 0.25) is 0 Å². The molecule has 0 saturated carbocycles. The van der Waals surface area contributed by atoms with Gasteiger partial charge in [0.15, 0.2) is 0 Å². The molecule has 2 rings (SSSR count). The van der Waals surface area contributed by atoms with Gasteiger partial charge in [0.05, 0.1) is 6.10 Å². The van der Waals surface area contributed by atoms with E-state index in [4.69, 9.17) is 5.11 Å². The number of halogens is 2. The molecule has 0 aliphatic heterocycles. The van der Waals surface area contributed by atoms with Crippen molar-refractivity contribution >= 4 is 6.08 Å². The normalized spacial score (nSPS) is 17.5. The average Bonchev–Trinajstić information content (AvgIpc) is 2.75. The Balaban J connectivity index is 2.27. The average molecular weight is 438 g/mol. The van der Waals surface area contributed by atoms with Crippen molar-refractivity contribution in [1.29, 1.82) is 0 Å². The van der Waals surface area contributed by atoms with Crippen LogP contribution in [-0.4, -0.2) is 61.7 Å². The molecule has 0 aliphatic carbocycles. The summed E-state index contributed by atoms with van der Waals surface area (Å²) in [7, 11) is 0. The van der Waals surface area contributed by atoms with Crippen LogP contribution in [0.4, 0.5) is 8.78 Å². The van der Waals surface area contributed by atoms with Gasteiger partial charge in [0.25, 0.3) is 0 Å². The molecule has 2 aromatic rings. The van der Waals surface area contributed by atoms with Gasteiger partial charge in [-0.3, -0.25) is 0 Å². The molecule has 0 heterocycles. The van der Waals surface area contributed by atoms with Gasteiger partial charge in [-0.25, -0.2) is 8.78 Å². The fourth-order valence-corrected chi connectivity index (χ4v) is 3.35. The lowest BCUT2D eigenvalue weighted by Gasteiger charge is -2.31. The quantitative estimate of drug-likeness (QED) is 0.354. The molecule has 0 bridgehead atoms. The van der Waals surface area contributed by atoms with Crippen molar-refractivity contribution in [3.8, 4) is 11.1 Å². The third kappa shape index (κ3) is 5.35. The zero-order valence-corrected chi connectivity index (χ0v) is 17.3. The molecule has 5 unspecified atom stereocenters. The maximum atomic E-state index is 14.1. The lowest BCUT2D eigenvalue weighted by Crippen LogP contribution is -2.49. The van der Waals surface area contributed by atoms with Gasteiger partial charge in [-0.05, 0) is 41.3 Å². The molecule has 8 heteroatoms. The van der Waals surface area contributed by atoms with Crippen molar-refractivity contribution in [3.05, 3.63) is 65.2 Å². The first-order valence-electron chi connectivity index (χ1n) is 9.77. The maximum Gasteiger partial charge on any atom is 0.133 e. The second kappa shape index (κ2) is 10.4. The SMILES string of the molecule is C=Cc1c(F)cc(-c2ccc([C@@H](O)C(O)C(O)C(O)C(O)C(C)CO)c(C)c2)cc1F. The van der Waals surface area contributed by atoms with Crippen LogP contribution in [0.5, 0.6) is 0 Å². The predicted octanol–water partition coefficient (Wildman–Crippen LogP) is 1.69. The van der Waals surface area contributed by atoms with Gasteiger partial charge in [0.2, 0.25) is 0 Å². The highest BCUT2D eigenvalue weighted by molar-refractivity contribution is 5.67. The zero-order chi connectivity index (χ0) is 23.5. The van der Waals surface area contributed by atoms with Gasteiger partial charge in [-0.2, -0.15) is 0 Å². The van der Waals surface area contributed by atoms with Crippen molar-refractivity contribution in [2.45, 2.75) is 44.4 Å². The molecule has 0 aliphatic rings. The topological polar surface area (TPSA) is 121 Å². The molecule has 0 saturated heterocycles. The molecule has 0 amide bonds. The van der Waals surface area contributed by atoms with E-state index in [1.165, 1.54) is 19.1 Å². The third-order valence-electron chi connectivity index (χ3n) is 5.45. The monoisotopic (exact) mass is 438 g/mol. The van der Waals surface area contributed by atoms with Gasteiger partial charge in [0, 0.05) is 18.1 Å². The summed E-state index contributed by atoms with van der Waals surface area (Å²) in [4.78, 5) is 0. The fourth-order valence-electron chi connectivity index (χ4n) is 3.35. The lowest BCUT2D eigenvalue weighted by molar-refractivity contribution is -0.145. The van der Waals surface area contributed by atoms with E-state index in [1.54, 1.807) is 13.0 Å². The Morgan fingerprint density at radius 1 is 0.871 bits per heavy atom. The summed E-state index contributed by atoms with van der Waals surface area (Å²) in [6, 6.07) is 6.79. The molecule has 6 atom stereocenters. The van der Waals surface area contributed by atoms with Gasteiger partial charge in [-0.1, -0.05) is 37.8 Å². The molecule has 0 aromatic heterocycles. The first kappa shape index (κ1) is 25.1. The number of hydrogen-bond acceptors (Lipinski definition) is 6. The summed E-state index contributed by atoms with van der Waals surface area (Å²) < 4.78 is 28.1. The Morgan fingerprint density at radius 3 is 1.90 bits per heavy atom. The Morgan fingerprint density at radius 2 is 1.42 bits per heavy atom. The Kier molecular flexibility index (Phi) is 8.41. The lowest BCUT2D eigenvalue weighted by atomic mass is 9.89. The summed E-state index contributed by atoms with van der Waals surface area (Å²) in [6.07, 6.45) is -7.60. The van der Waals surface area contributed by atoms with Crippen molar-refractivity contribution in [2.24, 2.45) is 5.92 Å². The molecule has 2 aromatic carbocycles. The maximum absolute atomic E-state index is 14.1. The molecular formula is C23H28F2O6. The molecule has 6 N–H and O–H groups in total. The van der Waals surface area contributed by atoms with E-state index in [0.717, 1.165) is 18.2 Å². The molecule has 0 radical (unpaired) electrons. The van der Waals surface area contributed by atoms with E-state index in [0.29, 0.717) is 11.1 Å². The van der Waals surface area contributed by atoms with E-state index in [2.05, 4.69) is 6.58 Å². The second-order valence-corrected chi connectivity index (χ2v) is 7.70. The Bertz CT molecular complexity index is 896. The van der Waals surface area contributed by atoms with Gasteiger partial charge >= 0.3 is 0 Å². The summed E-state index contributed by atoms with van der Waals surface area (Å²) in [6.45, 7) is 5.97. The van der Waals surface area contributed by atoms with Crippen LogP contribution in [0.3, 0.4) is 0 Å². The number of rotatable bonds is 9. The molecule has 0 spiro atoms. The minimum absolute atomic E-state index is 0.218. The zero-order valence-electron chi connectivity index (χ0n) is 17.3. The van der Waals surface area contributed by atoms with Crippen LogP contribution in [0.1, 0.15) is 29.7 Å². The fraction of sp³-hybridized carbons (Fsp3) is 0.391. The largest absolute Gasteiger partial charge is 0.396 e. The van der Waals surface area contributed by atoms with Gasteiger partial charge in [-0.15, -0.1) is 0 Å². The first-order valence-corrected chi connectivity index (χ1v) is 9.77. The Hall–Kier alpha value is -2.20. The minimum atomic E-state index is -1.90. The van der Waals surface area contributed by atoms with E-state index in [1.807, 2.05) is 0 Å². The highest BCUT2D eigenvalue weighted by atomic mass is 19.1. The number of aryl methyl sites for hydroxylation is 1. The molecule has 31 heavy (non-hydrogen) atoms. The van der Waals surface area contributed by atoms with Gasteiger partial charge in [0.1, 0.15) is 36.1 Å². The van der Waals surface area contributed by atoms with Crippen LogP contribution in [0, 0.1) is 24.5 Å². The van der Waals surface area contributed by atoms with Crippen LogP contribution < -0.4 is 0 Å². The number of benzene rings is 2. The molecule has 6 nitrogen and oxygen atoms in total. The highest BCUT2D eigenvalue weighted by Gasteiger charge is 2.37. The van der Waals surface area contributed by atoms with E-state index in [9.17, 15) is 34.3 Å². The van der Waals surface area contributed by atoms with Crippen LogP contribution >= 0.6 is 0 Å². The van der Waals surface area contributed by atoms with Crippen molar-refractivity contribution in [1.82, 2.24) is 0 Å². The summed E-state index contributed by atoms with van der Waals surface area (Å²) >= 11 is 0. The molecule has 0 fully saturated rings. The first-order chi connectivity index (χ1) is 14.5. The van der Waals surface area contributed by atoms with E-state index >= 15 is 0 Å². The summed E-state index contributed by atoms with van der Waals surface area (Å²) in [5.74, 6) is -2.30. The van der Waals surface area contributed by atoms with Crippen LogP contribution in [0.25, 0.3) is 17.2 Å². The van der Waals surface area contributed by atoms with Crippen LogP contribution in [-0.2, 0) is 0 Å². The molecular weight excluding hydrogens is 410 g/mol. The van der Waals surface area contributed by atoms with E-state index in [-0.39, 0.29) is 16.7 Å². The van der Waals surface area contributed by atoms with Crippen molar-refractivity contribution < 1.29 is 39.4 Å². The standard InChI is InChI=1S/C23H28F2O6/c1-4-15-17(24)8-14(9-18(15)25)13-5-6-16(11(2)7-13)20(28)22(30)23(31)21(29)19(27)12(3)10-26/h4-9,12,19-23,26-31H,1,10H2,2-3H3/t12?,19?,20-,21?,22?,23?/m1/s1. The van der Waals surface area contributed by atoms with Crippen molar-refractivity contribution in [2.75, 3.05) is 6.61 Å². The Labute approximate surface area is 179 Å². The van der Waals surface area contributed by atoms with Crippen LogP contribution in [0.15, 0.2) is 36.9 Å². The number of aliphatic hydroxyl groups excluding tert-OH is 6. The third-order valence-corrected chi connectivity index (χ3v) is 5.45. The number of hydrogen-bond donors (Lipinski definition) is 6. The molecule has 170 valence electrons. The summed E-state index contributed by atoms with van der Waals surface area (Å²) in [5, 5.41) is 60.0. The smallest absolute Gasteiger partial charge is 0.133 e. The second-order valence-electron chi connectivity index (χ2n) is 7.70. The predicted molar refractivity (Wildman–Crippen MR) is 112 cm³/mol. The van der Waals surface area contributed by atoms with E-state index < -0.39 is 54.7 Å². The summed E-state index contributed by atoms with van der Waals surface area (Å²) in [5.41, 5.74) is 1.17. The minimum Gasteiger partial charge on any atom is -0.396 e. The highest BCUT2D eigenvalue weighted by Crippen LogP contribution is 2.30. The number of aliphatic hydroxyl groups is 6. The van der Waals surface area contributed by atoms with Crippen molar-refractivity contribution in [3.63, 3.8) is 0 Å². The van der Waals surface area contributed by atoms with Gasteiger partial charge < -0.3 is 30.6 Å².